The van der Waals surface area contributed by atoms with E-state index in [1.165, 1.54) is 12.6 Å². The Labute approximate surface area is 87.2 Å². The Kier molecular flexibility index (Phi) is 1.98. The number of aromatic nitrogens is 1. The minimum atomic E-state index is -0.160. The van der Waals surface area contributed by atoms with Gasteiger partial charge >= 0.3 is 0 Å². The molecule has 0 saturated carbocycles. The van der Waals surface area contributed by atoms with Crippen LogP contribution in [0.2, 0.25) is 0 Å². The Balaban J connectivity index is 1.64. The van der Waals surface area contributed by atoms with Gasteiger partial charge in [0.25, 0.3) is 5.91 Å². The van der Waals surface area contributed by atoms with Gasteiger partial charge in [-0.25, -0.2) is 0 Å². The van der Waals surface area contributed by atoms with Crippen molar-refractivity contribution in [3.05, 3.63) is 18.0 Å². The monoisotopic (exact) mass is 207 g/mol. The minimum absolute atomic E-state index is 0.160. The number of amides is 1. The van der Waals surface area contributed by atoms with Crippen LogP contribution < -0.4 is 10.6 Å². The zero-order valence-electron chi connectivity index (χ0n) is 8.27. The normalized spacial score (nSPS) is 33.2. The molecule has 0 spiro atoms. The zero-order chi connectivity index (χ0) is 10.3. The molecule has 2 aliphatic rings. The Morgan fingerprint density at radius 1 is 1.60 bits per heavy atom. The van der Waals surface area contributed by atoms with Crippen LogP contribution in [0.15, 0.2) is 16.8 Å². The predicted molar refractivity (Wildman–Crippen MR) is 52.3 cm³/mol. The second-order valence-corrected chi connectivity index (χ2v) is 4.24. The fourth-order valence-corrected chi connectivity index (χ4v) is 2.56. The maximum atomic E-state index is 11.7. The molecule has 3 atom stereocenters. The van der Waals surface area contributed by atoms with Crippen molar-refractivity contribution >= 4 is 5.91 Å². The van der Waals surface area contributed by atoms with E-state index < -0.39 is 0 Å². The molecule has 1 aromatic rings. The number of nitrogens with zero attached hydrogens (tertiary/aromatic N) is 1. The summed E-state index contributed by atoms with van der Waals surface area (Å²) in [6, 6.07) is 2.87. The van der Waals surface area contributed by atoms with Gasteiger partial charge in [0.15, 0.2) is 0 Å². The second-order valence-electron chi connectivity index (χ2n) is 4.24. The fraction of sp³-hybridized carbons (Fsp3) is 0.600. The van der Waals surface area contributed by atoms with Crippen LogP contribution in [0.4, 0.5) is 0 Å². The number of hydrogen-bond acceptors (Lipinski definition) is 4. The van der Waals surface area contributed by atoms with E-state index >= 15 is 0 Å². The summed E-state index contributed by atoms with van der Waals surface area (Å²) < 4.78 is 4.80. The molecule has 3 heterocycles. The van der Waals surface area contributed by atoms with Gasteiger partial charge in [-0.1, -0.05) is 5.16 Å². The highest BCUT2D eigenvalue weighted by Crippen LogP contribution is 2.28. The van der Waals surface area contributed by atoms with Gasteiger partial charge in [-0.3, -0.25) is 4.79 Å². The highest BCUT2D eigenvalue weighted by atomic mass is 16.5. The van der Waals surface area contributed by atoms with Crippen molar-refractivity contribution in [2.45, 2.75) is 37.4 Å². The first-order chi connectivity index (χ1) is 7.33. The highest BCUT2D eigenvalue weighted by molar-refractivity contribution is 5.91. The summed E-state index contributed by atoms with van der Waals surface area (Å²) in [7, 11) is 0. The number of rotatable bonds is 2. The van der Waals surface area contributed by atoms with Crippen LogP contribution in [-0.4, -0.2) is 29.2 Å². The lowest BCUT2D eigenvalue weighted by molar-refractivity contribution is 0.0893. The van der Waals surface area contributed by atoms with Crippen molar-refractivity contribution in [2.24, 2.45) is 0 Å². The molecule has 0 aromatic carbocycles. The molecule has 2 fully saturated rings. The van der Waals surface area contributed by atoms with E-state index in [-0.39, 0.29) is 17.7 Å². The third-order valence-electron chi connectivity index (χ3n) is 3.28. The molecular weight excluding hydrogens is 194 g/mol. The number of hydrogen-bond donors (Lipinski definition) is 2. The van der Waals surface area contributed by atoms with Crippen molar-refractivity contribution in [1.82, 2.24) is 15.8 Å². The Morgan fingerprint density at radius 3 is 3.13 bits per heavy atom. The molecule has 5 heteroatoms. The molecule has 5 nitrogen and oxygen atoms in total. The average molecular weight is 207 g/mol. The van der Waals surface area contributed by atoms with Crippen molar-refractivity contribution in [3.63, 3.8) is 0 Å². The van der Waals surface area contributed by atoms with E-state index in [1.807, 2.05) is 0 Å². The molecule has 1 amide bonds. The first-order valence-corrected chi connectivity index (χ1v) is 5.30. The molecule has 2 N–H and O–H groups in total. The zero-order valence-corrected chi connectivity index (χ0v) is 8.27. The summed E-state index contributed by atoms with van der Waals surface area (Å²) in [6.07, 6.45) is 4.91. The van der Waals surface area contributed by atoms with E-state index in [9.17, 15) is 4.79 Å². The quantitative estimate of drug-likeness (QED) is 0.731. The molecule has 15 heavy (non-hydrogen) atoms. The molecule has 2 aliphatic heterocycles. The van der Waals surface area contributed by atoms with Crippen molar-refractivity contribution in [2.75, 3.05) is 0 Å². The second kappa shape index (κ2) is 3.34. The highest BCUT2D eigenvalue weighted by Gasteiger charge is 2.39. The average Bonchev–Trinajstić information content (AvgIpc) is 2.95. The Morgan fingerprint density at radius 2 is 2.53 bits per heavy atom. The molecule has 1 aromatic heterocycles. The van der Waals surface area contributed by atoms with Crippen molar-refractivity contribution < 1.29 is 9.32 Å². The van der Waals surface area contributed by atoms with E-state index in [1.54, 1.807) is 6.07 Å². The fourth-order valence-electron chi connectivity index (χ4n) is 2.56. The Bertz CT molecular complexity index is 363. The molecule has 2 saturated heterocycles. The number of fused-ring (bicyclic) bond motifs is 2. The maximum absolute atomic E-state index is 11.7. The maximum Gasteiger partial charge on any atom is 0.290 e. The number of nitrogens with one attached hydrogen (secondary N) is 2. The van der Waals surface area contributed by atoms with Gasteiger partial charge in [0.1, 0.15) is 0 Å². The molecule has 80 valence electrons. The molecule has 0 aliphatic carbocycles. The van der Waals surface area contributed by atoms with E-state index in [2.05, 4.69) is 15.8 Å². The topological polar surface area (TPSA) is 67.2 Å². The molecule has 0 unspecified atom stereocenters. The summed E-state index contributed by atoms with van der Waals surface area (Å²) in [4.78, 5) is 11.7. The third-order valence-corrected chi connectivity index (χ3v) is 3.28. The predicted octanol–water partition coefficient (Wildman–Crippen LogP) is 0.297. The standard InChI is InChI=1S/C10H13N3O2/c14-10(9-3-4-11-15-9)13-8-5-6-1-2-7(8)12-6/h3-4,6-8,12H,1-2,5H2,(H,13,14)/t6-,7-,8-/m1/s1. The van der Waals surface area contributed by atoms with Gasteiger partial charge in [-0.05, 0) is 19.3 Å². The van der Waals surface area contributed by atoms with Crippen molar-refractivity contribution in [3.8, 4) is 0 Å². The minimum Gasteiger partial charge on any atom is -0.351 e. The largest absolute Gasteiger partial charge is 0.351 e. The van der Waals surface area contributed by atoms with Crippen molar-refractivity contribution in [1.29, 1.82) is 0 Å². The van der Waals surface area contributed by atoms with Gasteiger partial charge in [-0.2, -0.15) is 0 Å². The molecule has 0 radical (unpaired) electrons. The van der Waals surface area contributed by atoms with Crippen LogP contribution >= 0.6 is 0 Å². The van der Waals surface area contributed by atoms with Gasteiger partial charge in [0.05, 0.1) is 6.20 Å². The van der Waals surface area contributed by atoms with Gasteiger partial charge in [-0.15, -0.1) is 0 Å². The van der Waals surface area contributed by atoms with Crippen LogP contribution in [0.25, 0.3) is 0 Å². The van der Waals surface area contributed by atoms with E-state index in [4.69, 9.17) is 4.52 Å². The van der Waals surface area contributed by atoms with Gasteiger partial charge in [0.2, 0.25) is 5.76 Å². The number of carbonyl (C=O) groups excluding carboxylic acids is 1. The number of carbonyl (C=O) groups is 1. The van der Waals surface area contributed by atoms with E-state index in [0.29, 0.717) is 12.1 Å². The van der Waals surface area contributed by atoms with Gasteiger partial charge < -0.3 is 15.2 Å². The van der Waals surface area contributed by atoms with Crippen LogP contribution in [-0.2, 0) is 0 Å². The summed E-state index contributed by atoms with van der Waals surface area (Å²) in [5.41, 5.74) is 0. The summed E-state index contributed by atoms with van der Waals surface area (Å²) in [6.45, 7) is 0. The lowest BCUT2D eigenvalue weighted by Gasteiger charge is -2.20. The molecular formula is C10H13N3O2. The first kappa shape index (κ1) is 8.91. The third kappa shape index (κ3) is 1.52. The smallest absolute Gasteiger partial charge is 0.290 e. The molecule has 2 bridgehead atoms. The van der Waals surface area contributed by atoms with E-state index in [0.717, 1.165) is 12.8 Å². The van der Waals surface area contributed by atoms with Crippen LogP contribution in [0.3, 0.4) is 0 Å². The lowest BCUT2D eigenvalue weighted by Crippen LogP contribution is -2.42. The summed E-state index contributed by atoms with van der Waals surface area (Å²) in [5.74, 6) is 0.129. The SMILES string of the molecule is O=C(N[C@@H]1C[C@H]2CC[C@H]1N2)c1ccno1. The van der Waals surface area contributed by atoms with Crippen LogP contribution in [0, 0.1) is 0 Å². The van der Waals surface area contributed by atoms with Crippen LogP contribution in [0.5, 0.6) is 0 Å². The first-order valence-electron chi connectivity index (χ1n) is 5.30. The van der Waals surface area contributed by atoms with Gasteiger partial charge in [0, 0.05) is 24.2 Å². The van der Waals surface area contributed by atoms with Crippen LogP contribution in [0.1, 0.15) is 29.8 Å². The lowest BCUT2D eigenvalue weighted by atomic mass is 9.95. The summed E-state index contributed by atoms with van der Waals surface area (Å²) >= 11 is 0. The molecule has 3 rings (SSSR count). The summed E-state index contributed by atoms with van der Waals surface area (Å²) in [5, 5.41) is 9.96. The Hall–Kier alpha value is -1.36.